The van der Waals surface area contributed by atoms with Crippen LogP contribution in [0.1, 0.15) is 34.8 Å². The molecule has 1 aliphatic heterocycles. The van der Waals surface area contributed by atoms with Gasteiger partial charge in [0, 0.05) is 11.8 Å². The van der Waals surface area contributed by atoms with E-state index in [1.54, 1.807) is 23.6 Å². The number of benzene rings is 1. The molecule has 29 heavy (non-hydrogen) atoms. The lowest BCUT2D eigenvalue weighted by Crippen LogP contribution is -2.10. The van der Waals surface area contributed by atoms with Gasteiger partial charge in [-0.2, -0.15) is 8.78 Å². The van der Waals surface area contributed by atoms with E-state index < -0.39 is 12.4 Å². The standard InChI is InChI=1S/C20H17F3N2O3S/c21-13-3-1-11-12(16(13)28-20(22)23)2-4-14(11)25-18-17-10(5-6-24-18)9-15(29-17)19-26-7-8-27-19/h1,3,5-6,9,14,19-20H,2,4,7-8H2,(H,24,25)/t14-/m1/s1. The van der Waals surface area contributed by atoms with Crippen molar-refractivity contribution in [1.29, 1.82) is 0 Å². The fourth-order valence-electron chi connectivity index (χ4n) is 3.90. The summed E-state index contributed by atoms with van der Waals surface area (Å²) >= 11 is 1.54. The third kappa shape index (κ3) is 3.43. The first kappa shape index (κ1) is 18.7. The Morgan fingerprint density at radius 1 is 1.21 bits per heavy atom. The van der Waals surface area contributed by atoms with Gasteiger partial charge < -0.3 is 19.5 Å². The third-order valence-electron chi connectivity index (χ3n) is 5.13. The fourth-order valence-corrected chi connectivity index (χ4v) is 5.01. The lowest BCUT2D eigenvalue weighted by molar-refractivity contribution is -0.0527. The van der Waals surface area contributed by atoms with Crippen molar-refractivity contribution >= 4 is 27.2 Å². The largest absolute Gasteiger partial charge is 0.431 e. The number of hydrogen-bond acceptors (Lipinski definition) is 6. The summed E-state index contributed by atoms with van der Waals surface area (Å²) in [5.74, 6) is -0.443. The normalized spacial score (nSPS) is 19.2. The average molecular weight is 422 g/mol. The maximum atomic E-state index is 14.0. The van der Waals surface area contributed by atoms with Gasteiger partial charge in [-0.05, 0) is 42.0 Å². The lowest BCUT2D eigenvalue weighted by atomic mass is 10.1. The Balaban J connectivity index is 1.46. The number of rotatable bonds is 5. The molecule has 2 aliphatic rings. The molecule has 1 fully saturated rings. The van der Waals surface area contributed by atoms with Crippen LogP contribution in [0.2, 0.25) is 0 Å². The van der Waals surface area contributed by atoms with Crippen LogP contribution in [-0.4, -0.2) is 24.8 Å². The van der Waals surface area contributed by atoms with Gasteiger partial charge in [-0.25, -0.2) is 9.37 Å². The molecule has 0 bridgehead atoms. The summed E-state index contributed by atoms with van der Waals surface area (Å²) in [4.78, 5) is 5.43. The van der Waals surface area contributed by atoms with Crippen molar-refractivity contribution in [2.45, 2.75) is 31.8 Å². The van der Waals surface area contributed by atoms with E-state index in [-0.39, 0.29) is 18.1 Å². The number of hydrogen-bond donors (Lipinski definition) is 1. The second-order valence-electron chi connectivity index (χ2n) is 6.86. The van der Waals surface area contributed by atoms with Gasteiger partial charge in [-0.1, -0.05) is 6.07 Å². The molecule has 5 rings (SSSR count). The monoisotopic (exact) mass is 422 g/mol. The Labute approximate surface area is 168 Å². The van der Waals surface area contributed by atoms with Crippen LogP contribution in [0.4, 0.5) is 19.0 Å². The number of nitrogens with zero attached hydrogens (tertiary/aromatic N) is 1. The van der Waals surface area contributed by atoms with E-state index in [0.29, 0.717) is 37.4 Å². The van der Waals surface area contributed by atoms with E-state index in [4.69, 9.17) is 9.47 Å². The van der Waals surface area contributed by atoms with Crippen LogP contribution in [0.25, 0.3) is 10.1 Å². The highest BCUT2D eigenvalue weighted by Gasteiger charge is 2.29. The van der Waals surface area contributed by atoms with Crippen LogP contribution < -0.4 is 10.1 Å². The van der Waals surface area contributed by atoms with Crippen molar-refractivity contribution in [2.24, 2.45) is 0 Å². The van der Waals surface area contributed by atoms with Crippen molar-refractivity contribution in [3.63, 3.8) is 0 Å². The second kappa shape index (κ2) is 7.47. The zero-order chi connectivity index (χ0) is 20.0. The first-order chi connectivity index (χ1) is 14.1. The molecule has 0 saturated carbocycles. The number of halogens is 3. The molecule has 0 radical (unpaired) electrons. The van der Waals surface area contributed by atoms with E-state index in [1.165, 1.54) is 6.07 Å². The zero-order valence-electron chi connectivity index (χ0n) is 15.2. The summed E-state index contributed by atoms with van der Waals surface area (Å²) in [5.41, 5.74) is 1.23. The average Bonchev–Trinajstić information content (AvgIpc) is 3.43. The number of thiophene rings is 1. The summed E-state index contributed by atoms with van der Waals surface area (Å²) in [5, 5.41) is 4.41. The Kier molecular flexibility index (Phi) is 4.81. The van der Waals surface area contributed by atoms with Gasteiger partial charge in [0.25, 0.3) is 0 Å². The van der Waals surface area contributed by atoms with Gasteiger partial charge in [-0.3, -0.25) is 0 Å². The Morgan fingerprint density at radius 3 is 2.83 bits per heavy atom. The minimum absolute atomic E-state index is 0.173. The molecule has 3 aromatic rings. The molecule has 1 saturated heterocycles. The van der Waals surface area contributed by atoms with E-state index in [1.807, 2.05) is 12.1 Å². The molecule has 0 amide bonds. The SMILES string of the molecule is Fc1ccc2c(c1OC(F)F)CC[C@H]2Nc1nccc2cc(C3OCCO3)sc12. The minimum atomic E-state index is -3.07. The Bertz CT molecular complexity index is 1050. The van der Waals surface area contributed by atoms with Crippen molar-refractivity contribution in [2.75, 3.05) is 18.5 Å². The van der Waals surface area contributed by atoms with Crippen LogP contribution >= 0.6 is 11.3 Å². The number of anilines is 1. The molecule has 1 atom stereocenters. The van der Waals surface area contributed by atoms with Crippen molar-refractivity contribution < 1.29 is 27.4 Å². The highest BCUT2D eigenvalue weighted by atomic mass is 32.1. The summed E-state index contributed by atoms with van der Waals surface area (Å²) in [6.07, 6.45) is 2.43. The van der Waals surface area contributed by atoms with E-state index in [2.05, 4.69) is 15.0 Å². The van der Waals surface area contributed by atoms with E-state index >= 15 is 0 Å². The fraction of sp³-hybridized carbons (Fsp3) is 0.350. The minimum Gasteiger partial charge on any atom is -0.431 e. The van der Waals surface area contributed by atoms with Crippen LogP contribution in [-0.2, 0) is 15.9 Å². The van der Waals surface area contributed by atoms with Crippen LogP contribution in [0.3, 0.4) is 0 Å². The Hall–Kier alpha value is -2.36. The predicted molar refractivity (Wildman–Crippen MR) is 102 cm³/mol. The van der Waals surface area contributed by atoms with Crippen molar-refractivity contribution in [3.8, 4) is 5.75 Å². The van der Waals surface area contributed by atoms with Gasteiger partial charge in [0.05, 0.1) is 28.8 Å². The quantitative estimate of drug-likeness (QED) is 0.614. The van der Waals surface area contributed by atoms with Gasteiger partial charge in [0.1, 0.15) is 5.82 Å². The lowest BCUT2D eigenvalue weighted by Gasteiger charge is -2.16. The third-order valence-corrected chi connectivity index (χ3v) is 6.31. The van der Waals surface area contributed by atoms with Crippen molar-refractivity contribution in [1.82, 2.24) is 4.98 Å². The van der Waals surface area contributed by atoms with E-state index in [9.17, 15) is 13.2 Å². The number of nitrogens with one attached hydrogen (secondary N) is 1. The number of fused-ring (bicyclic) bond motifs is 2. The second-order valence-corrected chi connectivity index (χ2v) is 7.94. The van der Waals surface area contributed by atoms with Gasteiger partial charge in [0.2, 0.25) is 0 Å². The molecular formula is C20H17F3N2O3S. The first-order valence-electron chi connectivity index (χ1n) is 9.24. The molecule has 5 nitrogen and oxygen atoms in total. The van der Waals surface area contributed by atoms with Crippen molar-refractivity contribution in [3.05, 3.63) is 52.3 Å². The molecule has 1 aromatic carbocycles. The maximum Gasteiger partial charge on any atom is 0.387 e. The van der Waals surface area contributed by atoms with Crippen LogP contribution in [0, 0.1) is 5.82 Å². The molecule has 152 valence electrons. The Morgan fingerprint density at radius 2 is 2.03 bits per heavy atom. The smallest absolute Gasteiger partial charge is 0.387 e. The number of ether oxygens (including phenoxy) is 3. The summed E-state index contributed by atoms with van der Waals surface area (Å²) in [7, 11) is 0. The molecule has 0 unspecified atom stereocenters. The molecule has 1 N–H and O–H groups in total. The summed E-state index contributed by atoms with van der Waals surface area (Å²) < 4.78 is 55.9. The predicted octanol–water partition coefficient (Wildman–Crippen LogP) is 5.18. The molecule has 0 spiro atoms. The molecular weight excluding hydrogens is 405 g/mol. The summed E-state index contributed by atoms with van der Waals surface area (Å²) in [6, 6.07) is 6.56. The van der Waals surface area contributed by atoms with Gasteiger partial charge >= 0.3 is 6.61 Å². The van der Waals surface area contributed by atoms with Crippen LogP contribution in [0.15, 0.2) is 30.5 Å². The highest BCUT2D eigenvalue weighted by molar-refractivity contribution is 7.19. The molecule has 2 aromatic heterocycles. The maximum absolute atomic E-state index is 14.0. The van der Waals surface area contributed by atoms with Gasteiger partial charge in [0.15, 0.2) is 17.9 Å². The zero-order valence-corrected chi connectivity index (χ0v) is 16.0. The van der Waals surface area contributed by atoms with Crippen LogP contribution in [0.5, 0.6) is 5.75 Å². The summed E-state index contributed by atoms with van der Waals surface area (Å²) in [6.45, 7) is -1.93. The molecule has 3 heterocycles. The molecule has 1 aliphatic carbocycles. The number of aromatic nitrogens is 1. The van der Waals surface area contributed by atoms with E-state index in [0.717, 1.165) is 20.5 Å². The topological polar surface area (TPSA) is 52.6 Å². The number of alkyl halides is 2. The highest BCUT2D eigenvalue weighted by Crippen LogP contribution is 2.42. The van der Waals surface area contributed by atoms with Gasteiger partial charge in [-0.15, -0.1) is 11.3 Å². The first-order valence-corrected chi connectivity index (χ1v) is 10.1. The molecule has 9 heteroatoms. The number of pyridine rings is 1.